The number of nitrogens with zero attached hydrogens (tertiary/aromatic N) is 4. The lowest BCUT2D eigenvalue weighted by molar-refractivity contribution is 0.0917. The van der Waals surface area contributed by atoms with E-state index in [-0.39, 0.29) is 11.7 Å². The second-order valence-corrected chi connectivity index (χ2v) is 4.50. The van der Waals surface area contributed by atoms with Crippen molar-refractivity contribution in [1.29, 1.82) is 0 Å². The molecule has 2 aromatic heterocycles. The fourth-order valence-corrected chi connectivity index (χ4v) is 1.56. The van der Waals surface area contributed by atoms with Gasteiger partial charge in [-0.2, -0.15) is 4.98 Å². The van der Waals surface area contributed by atoms with E-state index in [0.717, 1.165) is 11.3 Å². The van der Waals surface area contributed by atoms with Crippen LogP contribution in [0.15, 0.2) is 24.4 Å². The fraction of sp³-hybridized carbons (Fsp3) is 0.385. The highest BCUT2D eigenvalue weighted by Gasteiger charge is 2.13. The summed E-state index contributed by atoms with van der Waals surface area (Å²) >= 11 is 0. The number of aromatic nitrogens is 4. The molecule has 0 aromatic carbocycles. The van der Waals surface area contributed by atoms with Gasteiger partial charge in [-0.05, 0) is 19.9 Å². The van der Waals surface area contributed by atoms with E-state index >= 15 is 0 Å². The van der Waals surface area contributed by atoms with Gasteiger partial charge in [-0.3, -0.25) is 4.79 Å². The number of carbonyl (C=O) groups excluding carboxylic acids is 1. The van der Waals surface area contributed by atoms with Crippen LogP contribution in [0.25, 0.3) is 5.78 Å². The molecular weight excluding hydrogens is 258 g/mol. The fourth-order valence-electron chi connectivity index (χ4n) is 1.56. The van der Waals surface area contributed by atoms with Gasteiger partial charge >= 0.3 is 0 Å². The van der Waals surface area contributed by atoms with Crippen LogP contribution in [0.4, 0.5) is 0 Å². The zero-order valence-electron chi connectivity index (χ0n) is 11.6. The molecule has 0 fully saturated rings. The lowest BCUT2D eigenvalue weighted by Crippen LogP contribution is -2.28. The number of hydrogen-bond acceptors (Lipinski definition) is 5. The van der Waals surface area contributed by atoms with Crippen LogP contribution in [0.5, 0.6) is 0 Å². The Hall–Kier alpha value is -2.28. The van der Waals surface area contributed by atoms with Crippen molar-refractivity contribution in [2.24, 2.45) is 0 Å². The number of fused-ring (bicyclic) bond motifs is 1. The first kappa shape index (κ1) is 14.1. The average molecular weight is 275 g/mol. The van der Waals surface area contributed by atoms with Crippen molar-refractivity contribution >= 4 is 11.7 Å². The van der Waals surface area contributed by atoms with E-state index in [2.05, 4.69) is 27.0 Å². The van der Waals surface area contributed by atoms with E-state index < -0.39 is 0 Å². The molecular formula is C13H17N5O2. The standard InChI is InChI=1S/C13H17N5O2/c1-9(2)8-20-7-6-14-12(19)11-16-13-15-5-4-10(3)18(13)17-11/h4-5H,1,6-8H2,2-3H3,(H,14,19). The van der Waals surface area contributed by atoms with Crippen LogP contribution < -0.4 is 5.32 Å². The van der Waals surface area contributed by atoms with Crippen LogP contribution in [-0.4, -0.2) is 45.2 Å². The van der Waals surface area contributed by atoms with Crippen LogP contribution in [-0.2, 0) is 4.74 Å². The SMILES string of the molecule is C=C(C)COCCNC(=O)c1nc2nccc(C)n2n1. The molecule has 20 heavy (non-hydrogen) atoms. The van der Waals surface area contributed by atoms with E-state index in [1.807, 2.05) is 13.8 Å². The topological polar surface area (TPSA) is 81.4 Å². The highest BCUT2D eigenvalue weighted by atomic mass is 16.5. The molecule has 0 saturated heterocycles. The zero-order valence-corrected chi connectivity index (χ0v) is 11.6. The number of amides is 1. The molecule has 0 atom stereocenters. The number of rotatable bonds is 6. The van der Waals surface area contributed by atoms with Gasteiger partial charge in [0.2, 0.25) is 5.82 Å². The molecule has 2 heterocycles. The molecule has 2 rings (SSSR count). The van der Waals surface area contributed by atoms with Crippen molar-refractivity contribution in [3.8, 4) is 0 Å². The van der Waals surface area contributed by atoms with Gasteiger partial charge in [0.25, 0.3) is 11.7 Å². The third-order valence-corrected chi connectivity index (χ3v) is 2.51. The van der Waals surface area contributed by atoms with Crippen LogP contribution >= 0.6 is 0 Å². The van der Waals surface area contributed by atoms with Crippen LogP contribution in [0.2, 0.25) is 0 Å². The number of aryl methyl sites for hydroxylation is 1. The molecule has 0 unspecified atom stereocenters. The molecule has 7 nitrogen and oxygen atoms in total. The summed E-state index contributed by atoms with van der Waals surface area (Å²) in [5.41, 5.74) is 1.81. The predicted molar refractivity (Wildman–Crippen MR) is 73.5 cm³/mol. The molecule has 0 aliphatic carbocycles. The van der Waals surface area contributed by atoms with Crippen LogP contribution in [0.3, 0.4) is 0 Å². The number of nitrogens with one attached hydrogen (secondary N) is 1. The summed E-state index contributed by atoms with van der Waals surface area (Å²) in [6, 6.07) is 1.80. The van der Waals surface area contributed by atoms with Gasteiger partial charge in [0.15, 0.2) is 0 Å². The maximum atomic E-state index is 11.9. The summed E-state index contributed by atoms with van der Waals surface area (Å²) in [6.07, 6.45) is 1.63. The molecule has 0 bridgehead atoms. The Bertz CT molecular complexity index is 635. The van der Waals surface area contributed by atoms with Crippen molar-refractivity contribution in [3.63, 3.8) is 0 Å². The number of ether oxygens (including phenoxy) is 1. The molecule has 1 N–H and O–H groups in total. The average Bonchev–Trinajstić information content (AvgIpc) is 2.83. The Kier molecular flexibility index (Phi) is 4.41. The van der Waals surface area contributed by atoms with E-state index in [1.165, 1.54) is 4.52 Å². The quantitative estimate of drug-likeness (QED) is 0.621. The lowest BCUT2D eigenvalue weighted by Gasteiger charge is -2.04. The van der Waals surface area contributed by atoms with Gasteiger partial charge in [-0.25, -0.2) is 9.50 Å². The van der Waals surface area contributed by atoms with Crippen molar-refractivity contribution < 1.29 is 9.53 Å². The van der Waals surface area contributed by atoms with E-state index in [9.17, 15) is 4.79 Å². The molecule has 0 spiro atoms. The van der Waals surface area contributed by atoms with Crippen molar-refractivity contribution in [1.82, 2.24) is 24.9 Å². The Morgan fingerprint density at radius 1 is 1.55 bits per heavy atom. The minimum Gasteiger partial charge on any atom is -0.375 e. The maximum Gasteiger partial charge on any atom is 0.291 e. The lowest BCUT2D eigenvalue weighted by atomic mass is 10.4. The first-order chi connectivity index (χ1) is 9.58. The maximum absolute atomic E-state index is 11.9. The minimum atomic E-state index is -0.339. The first-order valence-corrected chi connectivity index (χ1v) is 6.26. The third kappa shape index (κ3) is 3.39. The normalized spacial score (nSPS) is 10.7. The van der Waals surface area contributed by atoms with Gasteiger partial charge < -0.3 is 10.1 Å². The van der Waals surface area contributed by atoms with Gasteiger partial charge in [-0.15, -0.1) is 5.10 Å². The highest BCUT2D eigenvalue weighted by Crippen LogP contribution is 2.01. The summed E-state index contributed by atoms with van der Waals surface area (Å²) in [7, 11) is 0. The smallest absolute Gasteiger partial charge is 0.291 e. The largest absolute Gasteiger partial charge is 0.375 e. The Balaban J connectivity index is 1.91. The predicted octanol–water partition coefficient (Wildman–Crippen LogP) is 0.755. The summed E-state index contributed by atoms with van der Waals surface area (Å²) in [4.78, 5) is 20.0. The van der Waals surface area contributed by atoms with Gasteiger partial charge in [0, 0.05) is 18.4 Å². The van der Waals surface area contributed by atoms with Crippen molar-refractivity contribution in [2.75, 3.05) is 19.8 Å². The summed E-state index contributed by atoms with van der Waals surface area (Å²) in [6.45, 7) is 8.79. The number of hydrogen-bond donors (Lipinski definition) is 1. The van der Waals surface area contributed by atoms with E-state index in [1.54, 1.807) is 12.3 Å². The number of carbonyl (C=O) groups is 1. The zero-order chi connectivity index (χ0) is 14.5. The molecule has 1 amide bonds. The second-order valence-electron chi connectivity index (χ2n) is 4.50. The monoisotopic (exact) mass is 275 g/mol. The van der Waals surface area contributed by atoms with Gasteiger partial charge in [0.05, 0.1) is 13.2 Å². The third-order valence-electron chi connectivity index (χ3n) is 2.51. The molecule has 0 aliphatic rings. The summed E-state index contributed by atoms with van der Waals surface area (Å²) in [5, 5.41) is 6.81. The van der Waals surface area contributed by atoms with Crippen molar-refractivity contribution in [2.45, 2.75) is 13.8 Å². The van der Waals surface area contributed by atoms with E-state index in [0.29, 0.717) is 25.5 Å². The summed E-state index contributed by atoms with van der Waals surface area (Å²) in [5.74, 6) is 0.175. The Labute approximate surface area is 116 Å². The van der Waals surface area contributed by atoms with Crippen LogP contribution in [0.1, 0.15) is 23.2 Å². The Morgan fingerprint density at radius 3 is 3.05 bits per heavy atom. The molecule has 106 valence electrons. The highest BCUT2D eigenvalue weighted by molar-refractivity contribution is 5.90. The summed E-state index contributed by atoms with van der Waals surface area (Å²) < 4.78 is 6.82. The first-order valence-electron chi connectivity index (χ1n) is 6.26. The van der Waals surface area contributed by atoms with Gasteiger partial charge in [0.1, 0.15) is 0 Å². The van der Waals surface area contributed by atoms with Crippen LogP contribution in [0, 0.1) is 6.92 Å². The second kappa shape index (κ2) is 6.25. The van der Waals surface area contributed by atoms with E-state index in [4.69, 9.17) is 4.74 Å². The molecule has 2 aromatic rings. The minimum absolute atomic E-state index is 0.103. The van der Waals surface area contributed by atoms with Crippen molar-refractivity contribution in [3.05, 3.63) is 35.9 Å². The molecule has 0 aliphatic heterocycles. The molecule has 7 heteroatoms. The molecule has 0 saturated carbocycles. The Morgan fingerprint density at radius 2 is 2.35 bits per heavy atom. The van der Waals surface area contributed by atoms with Gasteiger partial charge in [-0.1, -0.05) is 12.2 Å². The molecule has 0 radical (unpaired) electrons.